The Balaban J connectivity index is 1.31. The summed E-state index contributed by atoms with van der Waals surface area (Å²) in [4.78, 5) is 0. The van der Waals surface area contributed by atoms with E-state index in [1.807, 2.05) is 6.07 Å². The molecule has 0 aromatic heterocycles. The molecule has 1 aromatic carbocycles. The Labute approximate surface area is 196 Å². The highest BCUT2D eigenvalue weighted by Gasteiger charge is 2.36. The molecule has 0 spiro atoms. The van der Waals surface area contributed by atoms with Crippen LogP contribution < -0.4 is 0 Å². The van der Waals surface area contributed by atoms with Crippen LogP contribution in [0.15, 0.2) is 12.1 Å². The van der Waals surface area contributed by atoms with Crippen molar-refractivity contribution in [2.75, 3.05) is 6.61 Å². The zero-order valence-corrected chi connectivity index (χ0v) is 20.8. The van der Waals surface area contributed by atoms with Crippen LogP contribution in [-0.2, 0) is 17.6 Å². The Kier molecular flexibility index (Phi) is 9.09. The first-order valence-corrected chi connectivity index (χ1v) is 14.1. The molecular formula is C30H47FO. The Bertz CT molecular complexity index is 713. The number of aryl methyl sites for hydroxylation is 1. The van der Waals surface area contributed by atoms with Gasteiger partial charge in [-0.2, -0.15) is 0 Å². The maximum Gasteiger partial charge on any atom is 0.126 e. The number of halogens is 1. The number of fused-ring (bicyclic) bond motifs is 2. The van der Waals surface area contributed by atoms with Gasteiger partial charge in [-0.1, -0.05) is 58.4 Å². The van der Waals surface area contributed by atoms with E-state index in [4.69, 9.17) is 4.74 Å². The molecule has 0 radical (unpaired) electrons. The first kappa shape index (κ1) is 24.2. The molecule has 5 atom stereocenters. The van der Waals surface area contributed by atoms with Crippen LogP contribution in [0.4, 0.5) is 4.39 Å². The lowest BCUT2D eigenvalue weighted by Gasteiger charge is -2.42. The summed E-state index contributed by atoms with van der Waals surface area (Å²) in [6, 6.07) is 4.35. The second-order valence-electron chi connectivity index (χ2n) is 11.3. The highest BCUT2D eigenvalue weighted by Crippen LogP contribution is 2.47. The van der Waals surface area contributed by atoms with Crippen molar-refractivity contribution in [1.29, 1.82) is 0 Å². The van der Waals surface area contributed by atoms with Gasteiger partial charge in [0.05, 0.1) is 6.10 Å². The van der Waals surface area contributed by atoms with Gasteiger partial charge in [0.2, 0.25) is 0 Å². The second-order valence-corrected chi connectivity index (χ2v) is 11.3. The molecular weight excluding hydrogens is 395 g/mol. The van der Waals surface area contributed by atoms with Gasteiger partial charge < -0.3 is 4.74 Å². The van der Waals surface area contributed by atoms with Crippen molar-refractivity contribution in [3.8, 4) is 0 Å². The number of ether oxygens (including phenoxy) is 1. The van der Waals surface area contributed by atoms with E-state index in [1.54, 1.807) is 0 Å². The fraction of sp³-hybridized carbons (Fsp3) is 0.800. The summed E-state index contributed by atoms with van der Waals surface area (Å²) in [5.74, 6) is 3.03. The number of hydrogen-bond donors (Lipinski definition) is 0. The van der Waals surface area contributed by atoms with Gasteiger partial charge in [-0.3, -0.25) is 0 Å². The molecule has 4 rings (SSSR count). The van der Waals surface area contributed by atoms with E-state index >= 15 is 4.39 Å². The van der Waals surface area contributed by atoms with Gasteiger partial charge >= 0.3 is 0 Å². The first-order valence-electron chi connectivity index (χ1n) is 14.1. The molecule has 1 nitrogen and oxygen atoms in total. The molecule has 3 aliphatic rings. The van der Waals surface area contributed by atoms with Crippen LogP contribution in [0.5, 0.6) is 0 Å². The minimum absolute atomic E-state index is 0.104. The summed E-state index contributed by atoms with van der Waals surface area (Å²) >= 11 is 0. The molecule has 0 saturated heterocycles. The van der Waals surface area contributed by atoms with E-state index in [-0.39, 0.29) is 5.82 Å². The molecule has 0 amide bonds. The van der Waals surface area contributed by atoms with Crippen LogP contribution in [0.3, 0.4) is 0 Å². The van der Waals surface area contributed by atoms with E-state index < -0.39 is 0 Å². The van der Waals surface area contributed by atoms with Crippen LogP contribution in [0.2, 0.25) is 0 Å². The summed E-state index contributed by atoms with van der Waals surface area (Å²) in [7, 11) is 0. The Morgan fingerprint density at radius 1 is 0.875 bits per heavy atom. The fourth-order valence-corrected chi connectivity index (χ4v) is 7.02. The molecule has 5 unspecified atom stereocenters. The molecule has 3 aliphatic carbocycles. The molecule has 2 fully saturated rings. The van der Waals surface area contributed by atoms with Crippen LogP contribution in [0.1, 0.15) is 126 Å². The third-order valence-corrected chi connectivity index (χ3v) is 8.93. The van der Waals surface area contributed by atoms with Crippen molar-refractivity contribution in [2.24, 2.45) is 17.8 Å². The fourth-order valence-electron chi connectivity index (χ4n) is 7.02. The Hall–Kier alpha value is -0.890. The van der Waals surface area contributed by atoms with E-state index in [2.05, 4.69) is 19.9 Å². The van der Waals surface area contributed by atoms with E-state index in [9.17, 15) is 0 Å². The lowest BCUT2D eigenvalue weighted by atomic mass is 9.65. The van der Waals surface area contributed by atoms with Crippen molar-refractivity contribution >= 4 is 0 Å². The molecule has 0 heterocycles. The summed E-state index contributed by atoms with van der Waals surface area (Å²) in [5, 5.41) is 0. The third kappa shape index (κ3) is 6.16. The average molecular weight is 443 g/mol. The normalized spacial score (nSPS) is 30.0. The van der Waals surface area contributed by atoms with Crippen molar-refractivity contribution in [1.82, 2.24) is 0 Å². The maximum atomic E-state index is 15.2. The summed E-state index contributed by atoms with van der Waals surface area (Å²) in [6.07, 6.45) is 20.6. The highest BCUT2D eigenvalue weighted by molar-refractivity contribution is 5.37. The van der Waals surface area contributed by atoms with Gasteiger partial charge in [0.25, 0.3) is 0 Å². The first-order chi connectivity index (χ1) is 15.7. The molecule has 180 valence electrons. The van der Waals surface area contributed by atoms with Crippen LogP contribution in [-0.4, -0.2) is 12.7 Å². The number of benzene rings is 1. The third-order valence-electron chi connectivity index (χ3n) is 8.93. The summed E-state index contributed by atoms with van der Waals surface area (Å²) < 4.78 is 21.3. The van der Waals surface area contributed by atoms with Crippen LogP contribution in [0, 0.1) is 23.6 Å². The van der Waals surface area contributed by atoms with Crippen molar-refractivity contribution in [3.05, 3.63) is 34.6 Å². The maximum absolute atomic E-state index is 15.2. The smallest absolute Gasteiger partial charge is 0.126 e. The predicted octanol–water partition coefficient (Wildman–Crippen LogP) is 8.77. The average Bonchev–Trinajstić information content (AvgIpc) is 2.82. The SMILES string of the molecule is CCCCCCCC1CCc2cc(C3CCC4CC(OCCC)CCC4C3)cc(F)c2C1. The van der Waals surface area contributed by atoms with Crippen molar-refractivity contribution < 1.29 is 9.13 Å². The molecule has 32 heavy (non-hydrogen) atoms. The predicted molar refractivity (Wildman–Crippen MR) is 133 cm³/mol. The quantitative estimate of drug-likeness (QED) is 0.329. The standard InChI is InChI=1S/C30H47FO/c1-3-5-6-7-8-9-22-10-11-26-19-27(21-30(31)29(26)17-22)24-12-13-25-20-28(32-16-4-2)15-14-23(25)18-24/h19,21-25,28H,3-18,20H2,1-2H3. The number of hydrogen-bond acceptors (Lipinski definition) is 1. The van der Waals surface area contributed by atoms with Crippen LogP contribution >= 0.6 is 0 Å². The molecule has 2 heteroatoms. The topological polar surface area (TPSA) is 9.23 Å². The largest absolute Gasteiger partial charge is 0.378 e. The van der Waals surface area contributed by atoms with E-state index in [0.717, 1.165) is 43.3 Å². The number of unbranched alkanes of at least 4 members (excludes halogenated alkanes) is 4. The lowest BCUT2D eigenvalue weighted by molar-refractivity contribution is -0.0147. The van der Waals surface area contributed by atoms with Crippen molar-refractivity contribution in [3.63, 3.8) is 0 Å². The van der Waals surface area contributed by atoms with E-state index in [1.165, 1.54) is 94.6 Å². The minimum Gasteiger partial charge on any atom is -0.378 e. The van der Waals surface area contributed by atoms with Crippen molar-refractivity contribution in [2.45, 2.75) is 129 Å². The van der Waals surface area contributed by atoms with Gasteiger partial charge in [0, 0.05) is 6.61 Å². The summed E-state index contributed by atoms with van der Waals surface area (Å²) in [5.41, 5.74) is 3.70. The molecule has 2 saturated carbocycles. The molecule has 1 aromatic rings. The highest BCUT2D eigenvalue weighted by atomic mass is 19.1. The molecule has 0 N–H and O–H groups in total. The second kappa shape index (κ2) is 12.0. The van der Waals surface area contributed by atoms with Gasteiger partial charge in [-0.25, -0.2) is 4.39 Å². The van der Waals surface area contributed by atoms with Gasteiger partial charge in [0.1, 0.15) is 5.82 Å². The number of rotatable bonds is 10. The Morgan fingerprint density at radius 2 is 1.69 bits per heavy atom. The Morgan fingerprint density at radius 3 is 2.53 bits per heavy atom. The van der Waals surface area contributed by atoms with Gasteiger partial charge in [0.15, 0.2) is 0 Å². The molecule has 0 bridgehead atoms. The van der Waals surface area contributed by atoms with E-state index in [0.29, 0.717) is 17.9 Å². The van der Waals surface area contributed by atoms with Gasteiger partial charge in [-0.05, 0) is 111 Å². The van der Waals surface area contributed by atoms with Gasteiger partial charge in [-0.15, -0.1) is 0 Å². The zero-order valence-electron chi connectivity index (χ0n) is 20.8. The van der Waals surface area contributed by atoms with Crippen LogP contribution in [0.25, 0.3) is 0 Å². The summed E-state index contributed by atoms with van der Waals surface area (Å²) in [6.45, 7) is 5.39. The minimum atomic E-state index is 0.104. The monoisotopic (exact) mass is 442 g/mol. The molecule has 0 aliphatic heterocycles. The zero-order chi connectivity index (χ0) is 22.3. The lowest BCUT2D eigenvalue weighted by Crippen LogP contribution is -2.34.